The number of carbonyl (C=O) groups is 1. The third kappa shape index (κ3) is 4.53. The van der Waals surface area contributed by atoms with E-state index in [1.165, 1.54) is 23.9 Å². The monoisotopic (exact) mass is 511 g/mol. The van der Waals surface area contributed by atoms with E-state index in [1.807, 2.05) is 38.1 Å². The fourth-order valence-electron chi connectivity index (χ4n) is 3.12. The number of rotatable bonds is 5. The first-order valence-electron chi connectivity index (χ1n) is 9.76. The molecule has 0 bridgehead atoms. The van der Waals surface area contributed by atoms with Crippen LogP contribution in [0.3, 0.4) is 0 Å². The Hall–Kier alpha value is -3.17. The molecule has 1 amide bonds. The summed E-state index contributed by atoms with van der Waals surface area (Å²) < 4.78 is 6.45. The summed E-state index contributed by atoms with van der Waals surface area (Å²) in [7, 11) is 0. The number of hydrogen-bond donors (Lipinski definition) is 0. The van der Waals surface area contributed by atoms with Gasteiger partial charge in [0.25, 0.3) is 11.6 Å². The predicted octanol–water partition coefficient (Wildman–Crippen LogP) is 6.55. The van der Waals surface area contributed by atoms with Gasteiger partial charge in [-0.25, -0.2) is 4.99 Å². The van der Waals surface area contributed by atoms with Crippen molar-refractivity contribution in [2.24, 2.45) is 4.99 Å². The fraction of sp³-hybridized carbons (Fsp3) is 0.130. The number of nitro groups is 1. The van der Waals surface area contributed by atoms with Crippen LogP contribution in [0, 0.1) is 17.0 Å². The van der Waals surface area contributed by atoms with Crippen LogP contribution in [0.15, 0.2) is 73.4 Å². The summed E-state index contributed by atoms with van der Waals surface area (Å²) in [4.78, 5) is 30.1. The van der Waals surface area contributed by atoms with Gasteiger partial charge >= 0.3 is 0 Å². The quantitative estimate of drug-likeness (QED) is 0.220. The number of nitrogens with zero attached hydrogens (tertiary/aromatic N) is 3. The highest BCUT2D eigenvalue weighted by Crippen LogP contribution is 2.36. The van der Waals surface area contributed by atoms with E-state index in [2.05, 4.69) is 20.9 Å². The van der Waals surface area contributed by atoms with E-state index in [0.29, 0.717) is 38.2 Å². The number of furan rings is 1. The molecule has 2 aromatic carbocycles. The van der Waals surface area contributed by atoms with Crippen molar-refractivity contribution in [1.29, 1.82) is 0 Å². The molecule has 4 rings (SSSR count). The van der Waals surface area contributed by atoms with E-state index in [-0.39, 0.29) is 11.6 Å². The molecular formula is C23H18BrN3O4S. The maximum atomic E-state index is 12.9. The smallest absolute Gasteiger partial charge is 0.270 e. The highest BCUT2D eigenvalue weighted by atomic mass is 79.9. The molecule has 0 spiro atoms. The van der Waals surface area contributed by atoms with Crippen molar-refractivity contribution in [2.75, 3.05) is 6.54 Å². The van der Waals surface area contributed by atoms with E-state index >= 15 is 0 Å². The van der Waals surface area contributed by atoms with Gasteiger partial charge in [-0.1, -0.05) is 17.7 Å². The van der Waals surface area contributed by atoms with Gasteiger partial charge in [-0.3, -0.25) is 19.8 Å². The van der Waals surface area contributed by atoms with Crippen molar-refractivity contribution >= 4 is 56.2 Å². The van der Waals surface area contributed by atoms with Crippen LogP contribution < -0.4 is 0 Å². The minimum atomic E-state index is -0.454. The number of non-ortho nitro benzene ring substituents is 1. The number of thioether (sulfide) groups is 1. The zero-order chi connectivity index (χ0) is 22.8. The average molecular weight is 512 g/mol. The van der Waals surface area contributed by atoms with Crippen molar-refractivity contribution in [2.45, 2.75) is 13.8 Å². The van der Waals surface area contributed by atoms with Crippen LogP contribution in [0.5, 0.6) is 0 Å². The van der Waals surface area contributed by atoms with Gasteiger partial charge in [-0.2, -0.15) is 0 Å². The van der Waals surface area contributed by atoms with E-state index in [4.69, 9.17) is 4.42 Å². The number of benzene rings is 2. The molecule has 0 unspecified atom stereocenters. The lowest BCUT2D eigenvalue weighted by Gasteiger charge is -2.11. The molecule has 1 aromatic heterocycles. The summed E-state index contributed by atoms with van der Waals surface area (Å²) in [5.41, 5.74) is 2.60. The van der Waals surface area contributed by atoms with Crippen molar-refractivity contribution in [3.05, 3.63) is 85.4 Å². The van der Waals surface area contributed by atoms with Crippen molar-refractivity contribution in [1.82, 2.24) is 4.90 Å². The first kappa shape index (κ1) is 22.0. The number of carbonyl (C=O) groups excluding carboxylic acids is 1. The average Bonchev–Trinajstić information content (AvgIpc) is 3.34. The second-order valence-corrected chi connectivity index (χ2v) is 8.88. The van der Waals surface area contributed by atoms with Crippen LogP contribution in [0.4, 0.5) is 11.4 Å². The summed E-state index contributed by atoms with van der Waals surface area (Å²) in [6.45, 7) is 4.42. The summed E-state index contributed by atoms with van der Waals surface area (Å²) in [5.74, 6) is 0.918. The summed E-state index contributed by atoms with van der Waals surface area (Å²) >= 11 is 4.66. The lowest BCUT2D eigenvalue weighted by Crippen LogP contribution is -2.28. The zero-order valence-electron chi connectivity index (χ0n) is 17.2. The van der Waals surface area contributed by atoms with Crippen LogP contribution in [0.25, 0.3) is 17.4 Å². The van der Waals surface area contributed by atoms with Crippen LogP contribution in [0.2, 0.25) is 0 Å². The molecule has 9 heteroatoms. The fourth-order valence-corrected chi connectivity index (χ4v) is 4.73. The Labute approximate surface area is 197 Å². The number of amidine groups is 1. The molecule has 7 nitrogen and oxygen atoms in total. The topological polar surface area (TPSA) is 89.0 Å². The van der Waals surface area contributed by atoms with Gasteiger partial charge in [-0.15, -0.1) is 0 Å². The van der Waals surface area contributed by atoms with Crippen LogP contribution in [0.1, 0.15) is 18.2 Å². The van der Waals surface area contributed by atoms with Gasteiger partial charge in [0.15, 0.2) is 5.17 Å². The molecule has 0 aliphatic carbocycles. The second kappa shape index (κ2) is 9.13. The molecule has 162 valence electrons. The van der Waals surface area contributed by atoms with Gasteiger partial charge in [0.1, 0.15) is 11.5 Å². The van der Waals surface area contributed by atoms with Crippen LogP contribution in [-0.4, -0.2) is 27.4 Å². The molecule has 32 heavy (non-hydrogen) atoms. The SMILES string of the molecule is CCN1C(=O)/C(=C\c2ccc(-c3ccc([N+](=O)[O-])cc3Br)o2)SC1=Nc1ccc(C)cc1. The molecule has 0 radical (unpaired) electrons. The molecule has 1 saturated heterocycles. The third-order valence-electron chi connectivity index (χ3n) is 4.79. The Kier molecular flexibility index (Phi) is 6.29. The lowest BCUT2D eigenvalue weighted by atomic mass is 10.1. The van der Waals surface area contributed by atoms with Gasteiger partial charge in [0.05, 0.1) is 15.5 Å². The molecule has 0 N–H and O–H groups in total. The largest absolute Gasteiger partial charge is 0.457 e. The number of halogens is 1. The Bertz CT molecular complexity index is 1260. The van der Waals surface area contributed by atoms with Gasteiger partial charge in [0.2, 0.25) is 0 Å². The van der Waals surface area contributed by atoms with Gasteiger partial charge < -0.3 is 4.42 Å². The van der Waals surface area contributed by atoms with E-state index in [1.54, 1.807) is 29.2 Å². The molecule has 1 fully saturated rings. The van der Waals surface area contributed by atoms with E-state index in [9.17, 15) is 14.9 Å². The van der Waals surface area contributed by atoms with Gasteiger partial charge in [-0.05, 0) is 71.9 Å². The zero-order valence-corrected chi connectivity index (χ0v) is 19.6. The lowest BCUT2D eigenvalue weighted by molar-refractivity contribution is -0.384. The van der Waals surface area contributed by atoms with E-state index < -0.39 is 4.92 Å². The summed E-state index contributed by atoms with van der Waals surface area (Å²) in [6, 6.07) is 15.8. The van der Waals surface area contributed by atoms with Crippen molar-refractivity contribution < 1.29 is 14.1 Å². The summed E-state index contributed by atoms with van der Waals surface area (Å²) in [6.07, 6.45) is 1.69. The minimum absolute atomic E-state index is 0.0116. The Morgan fingerprint density at radius 2 is 1.94 bits per heavy atom. The molecular weight excluding hydrogens is 494 g/mol. The molecule has 1 aliphatic heterocycles. The molecule has 3 aromatic rings. The molecule has 1 aliphatic rings. The molecule has 0 atom stereocenters. The Morgan fingerprint density at radius 3 is 2.59 bits per heavy atom. The number of nitro benzene ring substituents is 1. The number of aryl methyl sites for hydroxylation is 1. The third-order valence-corrected chi connectivity index (χ3v) is 6.45. The number of amides is 1. The highest BCUT2D eigenvalue weighted by molar-refractivity contribution is 9.10. The number of likely N-dealkylation sites (N-methyl/N-ethyl adjacent to an activating group) is 1. The normalized spacial score (nSPS) is 16.3. The second-order valence-electron chi connectivity index (χ2n) is 7.01. The minimum Gasteiger partial charge on any atom is -0.457 e. The molecule has 2 heterocycles. The number of aliphatic imine (C=N–C) groups is 1. The Balaban J connectivity index is 1.60. The van der Waals surface area contributed by atoms with Crippen molar-refractivity contribution in [3.63, 3.8) is 0 Å². The first-order valence-corrected chi connectivity index (χ1v) is 11.4. The predicted molar refractivity (Wildman–Crippen MR) is 130 cm³/mol. The maximum Gasteiger partial charge on any atom is 0.270 e. The van der Waals surface area contributed by atoms with Crippen LogP contribution >= 0.6 is 27.7 Å². The van der Waals surface area contributed by atoms with Gasteiger partial charge in [0, 0.05) is 34.8 Å². The van der Waals surface area contributed by atoms with Crippen molar-refractivity contribution in [3.8, 4) is 11.3 Å². The van der Waals surface area contributed by atoms with E-state index in [0.717, 1.165) is 11.3 Å². The molecule has 0 saturated carbocycles. The Morgan fingerprint density at radius 1 is 1.19 bits per heavy atom. The van der Waals surface area contributed by atoms with Crippen LogP contribution in [-0.2, 0) is 4.79 Å². The highest BCUT2D eigenvalue weighted by Gasteiger charge is 2.32. The maximum absolute atomic E-state index is 12.9. The first-order chi connectivity index (χ1) is 15.4. The summed E-state index contributed by atoms with van der Waals surface area (Å²) in [5, 5.41) is 11.6. The standard InChI is InChI=1S/C23H18BrN3O4S/c1-3-26-22(28)21(32-23(26)25-15-6-4-14(2)5-7-15)13-17-9-11-20(31-17)18-10-8-16(27(29)30)12-19(18)24/h4-13H,3H2,1-2H3/b21-13+,25-23?. The number of hydrogen-bond acceptors (Lipinski definition) is 6.